The van der Waals surface area contributed by atoms with Gasteiger partial charge in [0.2, 0.25) is 0 Å². The van der Waals surface area contributed by atoms with Gasteiger partial charge in [0.25, 0.3) is 0 Å². The van der Waals surface area contributed by atoms with E-state index in [1.54, 1.807) is 11.1 Å². The molecule has 2 aliphatic rings. The Bertz CT molecular complexity index is 251. The number of hydrogen-bond acceptors (Lipinski definition) is 2. The van der Waals surface area contributed by atoms with E-state index in [1.807, 2.05) is 0 Å². The van der Waals surface area contributed by atoms with Crippen LogP contribution in [0.25, 0.3) is 0 Å². The van der Waals surface area contributed by atoms with Crippen molar-refractivity contribution in [2.75, 3.05) is 26.2 Å². The molecular weight excluding hydrogens is 184 g/mol. The predicted octanol–water partition coefficient (Wildman–Crippen LogP) is 2.03. The summed E-state index contributed by atoms with van der Waals surface area (Å²) in [5.41, 5.74) is 3.25. The zero-order valence-electron chi connectivity index (χ0n) is 10.3. The van der Waals surface area contributed by atoms with Crippen molar-refractivity contribution in [3.8, 4) is 0 Å². The first-order valence-corrected chi connectivity index (χ1v) is 6.29. The van der Waals surface area contributed by atoms with Crippen molar-refractivity contribution < 1.29 is 0 Å². The second-order valence-corrected chi connectivity index (χ2v) is 5.45. The molecule has 0 amide bonds. The van der Waals surface area contributed by atoms with Crippen LogP contribution in [0, 0.1) is 5.92 Å². The lowest BCUT2D eigenvalue weighted by Crippen LogP contribution is -2.43. The minimum absolute atomic E-state index is 0.782. The van der Waals surface area contributed by atoms with Gasteiger partial charge in [-0.1, -0.05) is 12.5 Å². The number of likely N-dealkylation sites (tertiary alicyclic amines) is 1. The van der Waals surface area contributed by atoms with Gasteiger partial charge in [0.1, 0.15) is 0 Å². The van der Waals surface area contributed by atoms with Crippen LogP contribution in [0.15, 0.2) is 11.1 Å². The normalized spacial score (nSPS) is 32.6. The average molecular weight is 208 g/mol. The van der Waals surface area contributed by atoms with Crippen molar-refractivity contribution >= 4 is 0 Å². The molecule has 0 aliphatic carbocycles. The molecule has 0 aromatic heterocycles. The highest BCUT2D eigenvalue weighted by Crippen LogP contribution is 2.23. The summed E-state index contributed by atoms with van der Waals surface area (Å²) in [5, 5.41) is 3.32. The highest BCUT2D eigenvalue weighted by molar-refractivity contribution is 5.22. The molecule has 0 aromatic carbocycles. The van der Waals surface area contributed by atoms with Gasteiger partial charge < -0.3 is 5.32 Å². The zero-order chi connectivity index (χ0) is 10.8. The van der Waals surface area contributed by atoms with Crippen LogP contribution in [0.3, 0.4) is 0 Å². The Hall–Kier alpha value is -0.340. The Kier molecular flexibility index (Phi) is 3.47. The first-order valence-electron chi connectivity index (χ1n) is 6.29. The summed E-state index contributed by atoms with van der Waals surface area (Å²) in [6.45, 7) is 11.8. The van der Waals surface area contributed by atoms with E-state index in [-0.39, 0.29) is 0 Å². The number of hydrogen-bond donors (Lipinski definition) is 1. The van der Waals surface area contributed by atoms with Crippen LogP contribution in [-0.2, 0) is 0 Å². The smallest absolute Gasteiger partial charge is 0.0196 e. The lowest BCUT2D eigenvalue weighted by atomic mass is 9.94. The van der Waals surface area contributed by atoms with Gasteiger partial charge in [-0.3, -0.25) is 4.90 Å². The molecule has 0 bridgehead atoms. The first-order chi connectivity index (χ1) is 7.16. The molecular formula is C13H24N2. The van der Waals surface area contributed by atoms with E-state index >= 15 is 0 Å². The second-order valence-electron chi connectivity index (χ2n) is 5.45. The third-order valence-corrected chi connectivity index (χ3v) is 3.97. The molecule has 2 heterocycles. The number of nitrogens with zero attached hydrogens (tertiary/aromatic N) is 1. The molecule has 2 aliphatic heterocycles. The second kappa shape index (κ2) is 4.67. The van der Waals surface area contributed by atoms with E-state index in [4.69, 9.17) is 0 Å². The lowest BCUT2D eigenvalue weighted by molar-refractivity contribution is 0.136. The Morgan fingerprint density at radius 3 is 2.67 bits per heavy atom. The van der Waals surface area contributed by atoms with E-state index in [1.165, 1.54) is 25.9 Å². The fourth-order valence-corrected chi connectivity index (χ4v) is 2.57. The van der Waals surface area contributed by atoms with Crippen LogP contribution in [0.2, 0.25) is 0 Å². The molecule has 15 heavy (non-hydrogen) atoms. The van der Waals surface area contributed by atoms with E-state index in [0.29, 0.717) is 0 Å². The topological polar surface area (TPSA) is 15.3 Å². The molecule has 2 unspecified atom stereocenters. The minimum Gasteiger partial charge on any atom is -0.309 e. The summed E-state index contributed by atoms with van der Waals surface area (Å²) in [6, 6.07) is 0.782. The molecule has 2 rings (SSSR count). The molecule has 0 saturated carbocycles. The highest BCUT2D eigenvalue weighted by atomic mass is 15.2. The standard InChI is InChI=1S/C13H24N2/c1-10-4-5-12(3)15(8-10)9-11(2)13-6-14-7-13/h10,12,14H,4-9H2,1-3H3. The van der Waals surface area contributed by atoms with Crippen LogP contribution in [0.5, 0.6) is 0 Å². The van der Waals surface area contributed by atoms with Gasteiger partial charge >= 0.3 is 0 Å². The van der Waals surface area contributed by atoms with Gasteiger partial charge in [-0.05, 0) is 38.2 Å². The molecule has 0 spiro atoms. The predicted molar refractivity (Wildman–Crippen MR) is 65.0 cm³/mol. The van der Waals surface area contributed by atoms with Crippen LogP contribution in [-0.4, -0.2) is 37.1 Å². The largest absolute Gasteiger partial charge is 0.309 e. The summed E-state index contributed by atoms with van der Waals surface area (Å²) in [7, 11) is 0. The van der Waals surface area contributed by atoms with Crippen molar-refractivity contribution in [1.82, 2.24) is 10.2 Å². The maximum absolute atomic E-state index is 3.32. The third-order valence-electron chi connectivity index (χ3n) is 3.97. The van der Waals surface area contributed by atoms with E-state index in [9.17, 15) is 0 Å². The van der Waals surface area contributed by atoms with Crippen molar-refractivity contribution in [2.45, 2.75) is 39.7 Å². The van der Waals surface area contributed by atoms with Crippen LogP contribution in [0.4, 0.5) is 0 Å². The van der Waals surface area contributed by atoms with E-state index < -0.39 is 0 Å². The monoisotopic (exact) mass is 208 g/mol. The summed E-state index contributed by atoms with van der Waals surface area (Å²) in [5.74, 6) is 0.888. The lowest BCUT2D eigenvalue weighted by Gasteiger charge is -2.38. The summed E-state index contributed by atoms with van der Waals surface area (Å²) < 4.78 is 0. The van der Waals surface area contributed by atoms with Gasteiger partial charge in [0.05, 0.1) is 0 Å². The van der Waals surface area contributed by atoms with Gasteiger partial charge in [-0.2, -0.15) is 0 Å². The molecule has 2 saturated heterocycles. The molecule has 2 nitrogen and oxygen atoms in total. The Morgan fingerprint density at radius 1 is 1.33 bits per heavy atom. The van der Waals surface area contributed by atoms with Crippen molar-refractivity contribution in [3.63, 3.8) is 0 Å². The zero-order valence-corrected chi connectivity index (χ0v) is 10.3. The molecule has 0 aromatic rings. The van der Waals surface area contributed by atoms with Crippen LogP contribution in [0.1, 0.15) is 33.6 Å². The molecule has 2 heteroatoms. The minimum atomic E-state index is 0.782. The van der Waals surface area contributed by atoms with E-state index in [0.717, 1.165) is 25.0 Å². The molecule has 2 fully saturated rings. The average Bonchev–Trinajstić information content (AvgIpc) is 2.08. The first kappa shape index (κ1) is 11.2. The third kappa shape index (κ3) is 2.61. The fourth-order valence-electron chi connectivity index (χ4n) is 2.57. The Balaban J connectivity index is 1.92. The number of piperidine rings is 1. The summed E-state index contributed by atoms with van der Waals surface area (Å²) >= 11 is 0. The number of rotatable bonds is 2. The SMILES string of the molecule is CC(CN1CC(C)CCC1C)=C1CNC1. The number of nitrogens with one attached hydrogen (secondary N) is 1. The van der Waals surface area contributed by atoms with Crippen LogP contribution >= 0.6 is 0 Å². The Labute approximate surface area is 93.7 Å². The quantitative estimate of drug-likeness (QED) is 0.699. The van der Waals surface area contributed by atoms with E-state index in [2.05, 4.69) is 31.0 Å². The summed E-state index contributed by atoms with van der Waals surface area (Å²) in [4.78, 5) is 2.66. The van der Waals surface area contributed by atoms with Gasteiger partial charge in [0, 0.05) is 32.2 Å². The van der Waals surface area contributed by atoms with Crippen molar-refractivity contribution in [1.29, 1.82) is 0 Å². The maximum atomic E-state index is 3.32. The molecule has 0 radical (unpaired) electrons. The van der Waals surface area contributed by atoms with Crippen molar-refractivity contribution in [2.24, 2.45) is 5.92 Å². The summed E-state index contributed by atoms with van der Waals surface area (Å²) in [6.07, 6.45) is 2.79. The fraction of sp³-hybridized carbons (Fsp3) is 0.846. The van der Waals surface area contributed by atoms with Gasteiger partial charge in [0.15, 0.2) is 0 Å². The van der Waals surface area contributed by atoms with Gasteiger partial charge in [-0.25, -0.2) is 0 Å². The highest BCUT2D eigenvalue weighted by Gasteiger charge is 2.23. The molecule has 86 valence electrons. The molecule has 2 atom stereocenters. The molecule has 1 N–H and O–H groups in total. The Morgan fingerprint density at radius 2 is 2.07 bits per heavy atom. The van der Waals surface area contributed by atoms with Gasteiger partial charge in [-0.15, -0.1) is 0 Å². The maximum Gasteiger partial charge on any atom is 0.0196 e. The van der Waals surface area contributed by atoms with Crippen LogP contribution < -0.4 is 5.32 Å². The van der Waals surface area contributed by atoms with Crippen molar-refractivity contribution in [3.05, 3.63) is 11.1 Å².